The average Bonchev–Trinajstić information content (AvgIpc) is 2.79. The van der Waals surface area contributed by atoms with Crippen molar-refractivity contribution in [2.45, 2.75) is 30.8 Å². The number of rotatable bonds is 6. The molecule has 2 aromatic carbocycles. The number of piperazine rings is 1. The monoisotopic (exact) mass is 496 g/mol. The molecule has 10 nitrogen and oxygen atoms in total. The number of hydrogen-bond acceptors (Lipinski definition) is 6. The highest BCUT2D eigenvalue weighted by Gasteiger charge is 2.41. The van der Waals surface area contributed by atoms with E-state index in [-0.39, 0.29) is 30.6 Å². The van der Waals surface area contributed by atoms with Crippen LogP contribution in [0.5, 0.6) is 11.5 Å². The van der Waals surface area contributed by atoms with Crippen LogP contribution in [-0.4, -0.2) is 66.5 Å². The van der Waals surface area contributed by atoms with Crippen molar-refractivity contribution in [2.24, 2.45) is 0 Å². The van der Waals surface area contributed by atoms with Crippen LogP contribution in [0.15, 0.2) is 53.4 Å². The van der Waals surface area contributed by atoms with Gasteiger partial charge in [0.25, 0.3) is 5.91 Å². The van der Waals surface area contributed by atoms with E-state index >= 15 is 0 Å². The summed E-state index contributed by atoms with van der Waals surface area (Å²) in [4.78, 5) is 25.9. The molecule has 1 atom stereocenters. The molecule has 0 spiro atoms. The third-order valence-electron chi connectivity index (χ3n) is 4.92. The Balaban J connectivity index is 1.79. The van der Waals surface area contributed by atoms with Gasteiger partial charge in [0.05, 0.1) is 4.90 Å². The third-order valence-corrected chi connectivity index (χ3v) is 7.10. The Morgan fingerprint density at radius 2 is 1.64 bits per heavy atom. The maximum Gasteiger partial charge on any atom is 0.317 e. The Kier molecular flexibility index (Phi) is 7.80. The summed E-state index contributed by atoms with van der Waals surface area (Å²) in [6.45, 7) is 3.34. The first-order valence-corrected chi connectivity index (χ1v) is 12.0. The number of benzene rings is 2. The van der Waals surface area contributed by atoms with E-state index in [0.717, 1.165) is 4.31 Å². The number of urea groups is 1. The van der Waals surface area contributed by atoms with E-state index in [4.69, 9.17) is 21.5 Å². The SMILES string of the molecule is CC(C)NC(=O)N1CCN(S(=O)(=O)c2ccc(Oc3ccc(Cl)cc3)cc2)[C@@H](C(=O)NO)C1. The summed E-state index contributed by atoms with van der Waals surface area (Å²) in [6.07, 6.45) is 0. The number of carbonyl (C=O) groups is 2. The van der Waals surface area contributed by atoms with Crippen LogP contribution in [0.3, 0.4) is 0 Å². The van der Waals surface area contributed by atoms with Crippen molar-refractivity contribution < 1.29 is 28.0 Å². The zero-order valence-electron chi connectivity index (χ0n) is 18.1. The molecular weight excluding hydrogens is 472 g/mol. The van der Waals surface area contributed by atoms with E-state index in [9.17, 15) is 18.0 Å². The van der Waals surface area contributed by atoms with Crippen molar-refractivity contribution in [3.63, 3.8) is 0 Å². The van der Waals surface area contributed by atoms with Gasteiger partial charge >= 0.3 is 6.03 Å². The molecule has 3 amide bonds. The second-order valence-corrected chi connectivity index (χ2v) is 10.0. The van der Waals surface area contributed by atoms with E-state index in [1.807, 2.05) is 0 Å². The van der Waals surface area contributed by atoms with E-state index in [2.05, 4.69) is 5.32 Å². The summed E-state index contributed by atoms with van der Waals surface area (Å²) < 4.78 is 33.2. The standard InChI is InChI=1S/C21H25ClN4O6S/c1-14(2)23-21(28)25-11-12-26(19(13-25)20(27)24-29)33(30,31)18-9-7-17(8-10-18)32-16-5-3-15(22)4-6-16/h3-10,14,19,29H,11-13H2,1-2H3,(H,23,28)(H,24,27)/t19-/m1/s1. The van der Waals surface area contributed by atoms with E-state index < -0.39 is 28.0 Å². The minimum Gasteiger partial charge on any atom is -0.457 e. The number of amides is 3. The third kappa shape index (κ3) is 5.93. The lowest BCUT2D eigenvalue weighted by Gasteiger charge is -2.39. The lowest BCUT2D eigenvalue weighted by Crippen LogP contribution is -2.62. The minimum absolute atomic E-state index is 0.0539. The first kappa shape index (κ1) is 24.8. The maximum atomic E-state index is 13.3. The number of sulfonamides is 1. The normalized spacial score (nSPS) is 17.0. The van der Waals surface area contributed by atoms with Crippen molar-refractivity contribution in [3.05, 3.63) is 53.6 Å². The highest BCUT2D eigenvalue weighted by Crippen LogP contribution is 2.27. The Labute approximate surface area is 197 Å². The molecule has 178 valence electrons. The van der Waals surface area contributed by atoms with Gasteiger partial charge in [-0.25, -0.2) is 18.7 Å². The molecule has 0 aromatic heterocycles. The first-order valence-electron chi connectivity index (χ1n) is 10.2. The largest absolute Gasteiger partial charge is 0.457 e. The summed E-state index contributed by atoms with van der Waals surface area (Å²) >= 11 is 5.86. The summed E-state index contributed by atoms with van der Waals surface area (Å²) in [5, 5.41) is 12.4. The summed E-state index contributed by atoms with van der Waals surface area (Å²) in [6, 6.07) is 10.6. The van der Waals surface area contributed by atoms with Crippen LogP contribution in [0.4, 0.5) is 4.79 Å². The Morgan fingerprint density at radius 1 is 1.06 bits per heavy atom. The van der Waals surface area contributed by atoms with Crippen molar-refractivity contribution in [3.8, 4) is 11.5 Å². The van der Waals surface area contributed by atoms with Crippen molar-refractivity contribution >= 4 is 33.6 Å². The quantitative estimate of drug-likeness (QED) is 0.416. The van der Waals surface area contributed by atoms with Gasteiger partial charge in [0, 0.05) is 30.7 Å². The molecule has 2 aromatic rings. The van der Waals surface area contributed by atoms with Crippen LogP contribution in [0.1, 0.15) is 13.8 Å². The molecule has 0 bridgehead atoms. The van der Waals surface area contributed by atoms with Gasteiger partial charge in [-0.1, -0.05) is 11.6 Å². The van der Waals surface area contributed by atoms with E-state index in [0.29, 0.717) is 16.5 Å². The zero-order valence-corrected chi connectivity index (χ0v) is 19.6. The van der Waals surface area contributed by atoms with Gasteiger partial charge in [-0.3, -0.25) is 10.0 Å². The predicted molar refractivity (Wildman–Crippen MR) is 121 cm³/mol. The lowest BCUT2D eigenvalue weighted by molar-refractivity contribution is -0.134. The van der Waals surface area contributed by atoms with Gasteiger partial charge in [-0.2, -0.15) is 4.31 Å². The van der Waals surface area contributed by atoms with Gasteiger partial charge in [-0.15, -0.1) is 0 Å². The van der Waals surface area contributed by atoms with Gasteiger partial charge in [0.2, 0.25) is 10.0 Å². The van der Waals surface area contributed by atoms with Crippen LogP contribution in [0.25, 0.3) is 0 Å². The molecule has 1 fully saturated rings. The number of nitrogens with zero attached hydrogens (tertiary/aromatic N) is 2. The summed E-state index contributed by atoms with van der Waals surface area (Å²) in [5.74, 6) is 0.0184. The number of carbonyl (C=O) groups excluding carboxylic acids is 2. The molecule has 1 aliphatic rings. The number of hydrogen-bond donors (Lipinski definition) is 3. The molecule has 12 heteroatoms. The summed E-state index contributed by atoms with van der Waals surface area (Å²) in [5.41, 5.74) is 1.50. The molecule has 1 aliphatic heterocycles. The molecule has 3 rings (SSSR count). The number of nitrogens with one attached hydrogen (secondary N) is 2. The Hall–Kier alpha value is -2.86. The number of ether oxygens (including phenoxy) is 1. The van der Waals surface area contributed by atoms with Crippen LogP contribution in [-0.2, 0) is 14.8 Å². The maximum absolute atomic E-state index is 13.3. The molecule has 1 saturated heterocycles. The minimum atomic E-state index is -4.10. The topological polar surface area (TPSA) is 128 Å². The fourth-order valence-electron chi connectivity index (χ4n) is 3.32. The smallest absolute Gasteiger partial charge is 0.317 e. The lowest BCUT2D eigenvalue weighted by atomic mass is 10.2. The van der Waals surface area contributed by atoms with Crippen LogP contribution in [0.2, 0.25) is 5.02 Å². The first-order chi connectivity index (χ1) is 15.6. The van der Waals surface area contributed by atoms with Gasteiger partial charge in [-0.05, 0) is 62.4 Å². The zero-order chi connectivity index (χ0) is 24.2. The molecule has 3 N–H and O–H groups in total. The predicted octanol–water partition coefficient (Wildman–Crippen LogP) is 2.43. The molecular formula is C21H25ClN4O6S. The second kappa shape index (κ2) is 10.4. The molecule has 33 heavy (non-hydrogen) atoms. The van der Waals surface area contributed by atoms with Gasteiger partial charge in [0.15, 0.2) is 0 Å². The van der Waals surface area contributed by atoms with Gasteiger partial charge in [0.1, 0.15) is 17.5 Å². The van der Waals surface area contributed by atoms with Crippen molar-refractivity contribution in [1.82, 2.24) is 20.0 Å². The molecule has 0 saturated carbocycles. The molecule has 1 heterocycles. The number of halogens is 1. The Morgan fingerprint density at radius 3 is 2.18 bits per heavy atom. The van der Waals surface area contributed by atoms with Gasteiger partial charge < -0.3 is 15.0 Å². The van der Waals surface area contributed by atoms with Crippen LogP contribution < -0.4 is 15.5 Å². The molecule has 0 unspecified atom stereocenters. The second-order valence-electron chi connectivity index (χ2n) is 7.69. The molecule has 0 aliphatic carbocycles. The molecule has 0 radical (unpaired) electrons. The van der Waals surface area contributed by atoms with E-state index in [1.165, 1.54) is 34.6 Å². The van der Waals surface area contributed by atoms with Crippen LogP contribution >= 0.6 is 11.6 Å². The average molecular weight is 497 g/mol. The number of hydroxylamine groups is 1. The fraction of sp³-hybridized carbons (Fsp3) is 0.333. The van der Waals surface area contributed by atoms with Crippen molar-refractivity contribution in [2.75, 3.05) is 19.6 Å². The highest BCUT2D eigenvalue weighted by molar-refractivity contribution is 7.89. The summed E-state index contributed by atoms with van der Waals surface area (Å²) in [7, 11) is -4.10. The Bertz CT molecular complexity index is 1090. The van der Waals surface area contributed by atoms with Crippen LogP contribution in [0, 0.1) is 0 Å². The van der Waals surface area contributed by atoms with Crippen molar-refractivity contribution in [1.29, 1.82) is 0 Å². The highest BCUT2D eigenvalue weighted by atomic mass is 35.5. The fourth-order valence-corrected chi connectivity index (χ4v) is 5.01. The van der Waals surface area contributed by atoms with E-state index in [1.54, 1.807) is 38.1 Å².